The van der Waals surface area contributed by atoms with Crippen LogP contribution in [0.4, 0.5) is 14.5 Å². The van der Waals surface area contributed by atoms with Gasteiger partial charge in [0.25, 0.3) is 0 Å². The SMILES string of the molecule is O=C(NCCCOCC1CC1)C(=O)Nc1ccc(F)cc1F. The highest BCUT2D eigenvalue weighted by Gasteiger charge is 2.21. The summed E-state index contributed by atoms with van der Waals surface area (Å²) in [6.45, 7) is 1.56. The fourth-order valence-electron chi connectivity index (χ4n) is 1.76. The zero-order valence-electron chi connectivity index (χ0n) is 12.0. The van der Waals surface area contributed by atoms with E-state index in [1.54, 1.807) is 0 Å². The predicted octanol–water partition coefficient (Wildman–Crippen LogP) is 1.84. The van der Waals surface area contributed by atoms with Gasteiger partial charge in [-0.15, -0.1) is 0 Å². The quantitative estimate of drug-likeness (QED) is 0.596. The molecule has 1 aromatic carbocycles. The minimum Gasteiger partial charge on any atom is -0.381 e. The molecule has 7 heteroatoms. The molecule has 2 N–H and O–H groups in total. The highest BCUT2D eigenvalue weighted by Crippen LogP contribution is 2.28. The van der Waals surface area contributed by atoms with Crippen LogP contribution in [0.2, 0.25) is 0 Å². The number of anilines is 1. The molecule has 1 aliphatic carbocycles. The van der Waals surface area contributed by atoms with E-state index in [9.17, 15) is 18.4 Å². The van der Waals surface area contributed by atoms with Crippen molar-refractivity contribution >= 4 is 17.5 Å². The van der Waals surface area contributed by atoms with Crippen LogP contribution in [0, 0.1) is 17.6 Å². The second-order valence-corrected chi connectivity index (χ2v) is 5.21. The van der Waals surface area contributed by atoms with E-state index in [4.69, 9.17) is 4.74 Å². The fourth-order valence-corrected chi connectivity index (χ4v) is 1.76. The summed E-state index contributed by atoms with van der Waals surface area (Å²) < 4.78 is 31.4. The highest BCUT2D eigenvalue weighted by atomic mass is 19.1. The van der Waals surface area contributed by atoms with Crippen molar-refractivity contribution in [3.63, 3.8) is 0 Å². The standard InChI is InChI=1S/C15H18F2N2O3/c16-11-4-5-13(12(17)8-11)19-15(21)14(20)18-6-1-7-22-9-10-2-3-10/h4-5,8,10H,1-3,6-7,9H2,(H,18,20)(H,19,21). The molecule has 0 atom stereocenters. The summed E-state index contributed by atoms with van der Waals surface area (Å²) in [6.07, 6.45) is 3.03. The fraction of sp³-hybridized carbons (Fsp3) is 0.467. The third-order valence-electron chi connectivity index (χ3n) is 3.19. The Hall–Kier alpha value is -2.02. The van der Waals surface area contributed by atoms with E-state index in [-0.39, 0.29) is 5.69 Å². The predicted molar refractivity (Wildman–Crippen MR) is 76.2 cm³/mol. The second kappa shape index (κ2) is 7.84. The molecule has 0 bridgehead atoms. The first-order chi connectivity index (χ1) is 10.6. The largest absolute Gasteiger partial charge is 0.381 e. The van der Waals surface area contributed by atoms with Crippen LogP contribution >= 0.6 is 0 Å². The Labute approximate surface area is 127 Å². The maximum Gasteiger partial charge on any atom is 0.313 e. The van der Waals surface area contributed by atoms with E-state index in [2.05, 4.69) is 10.6 Å². The summed E-state index contributed by atoms with van der Waals surface area (Å²) in [4.78, 5) is 23.1. The maximum absolute atomic E-state index is 13.3. The lowest BCUT2D eigenvalue weighted by atomic mass is 10.3. The van der Waals surface area contributed by atoms with Gasteiger partial charge in [0, 0.05) is 25.8 Å². The minimum absolute atomic E-state index is 0.241. The van der Waals surface area contributed by atoms with Crippen LogP contribution in [-0.4, -0.2) is 31.6 Å². The lowest BCUT2D eigenvalue weighted by Crippen LogP contribution is -2.36. The van der Waals surface area contributed by atoms with Gasteiger partial charge >= 0.3 is 11.8 Å². The molecule has 2 rings (SSSR count). The molecule has 0 heterocycles. The molecule has 1 saturated carbocycles. The summed E-state index contributed by atoms with van der Waals surface area (Å²) >= 11 is 0. The third kappa shape index (κ3) is 5.40. The molecule has 2 amide bonds. The zero-order chi connectivity index (χ0) is 15.9. The first-order valence-corrected chi connectivity index (χ1v) is 7.18. The van der Waals surface area contributed by atoms with Gasteiger partial charge in [0.05, 0.1) is 5.69 Å². The molecule has 1 fully saturated rings. The lowest BCUT2D eigenvalue weighted by molar-refractivity contribution is -0.136. The summed E-state index contributed by atoms with van der Waals surface area (Å²) in [5.41, 5.74) is -0.241. The average Bonchev–Trinajstić information content (AvgIpc) is 3.29. The molecule has 0 aromatic heterocycles. The van der Waals surface area contributed by atoms with Gasteiger partial charge in [0.2, 0.25) is 0 Å². The Kier molecular flexibility index (Phi) is 5.83. The molecule has 0 spiro atoms. The number of carbonyl (C=O) groups is 2. The number of benzene rings is 1. The number of rotatable bonds is 7. The van der Waals surface area contributed by atoms with Crippen LogP contribution in [0.25, 0.3) is 0 Å². The van der Waals surface area contributed by atoms with Gasteiger partial charge in [-0.2, -0.15) is 0 Å². The van der Waals surface area contributed by atoms with E-state index < -0.39 is 23.4 Å². The number of ether oxygens (including phenoxy) is 1. The number of halogens is 2. The molecule has 22 heavy (non-hydrogen) atoms. The smallest absolute Gasteiger partial charge is 0.313 e. The van der Waals surface area contributed by atoms with Crippen molar-refractivity contribution in [3.8, 4) is 0 Å². The number of hydrogen-bond acceptors (Lipinski definition) is 3. The molecule has 0 radical (unpaired) electrons. The van der Waals surface area contributed by atoms with E-state index in [1.807, 2.05) is 0 Å². The minimum atomic E-state index is -0.996. The molecule has 0 saturated heterocycles. The van der Waals surface area contributed by atoms with Crippen molar-refractivity contribution in [3.05, 3.63) is 29.8 Å². The van der Waals surface area contributed by atoms with Gasteiger partial charge in [-0.25, -0.2) is 8.78 Å². The molecule has 1 aliphatic rings. The normalized spacial score (nSPS) is 13.7. The summed E-state index contributed by atoms with van der Waals surface area (Å²) in [6, 6.07) is 2.68. The Morgan fingerprint density at radius 1 is 1.23 bits per heavy atom. The lowest BCUT2D eigenvalue weighted by Gasteiger charge is -2.07. The Morgan fingerprint density at radius 2 is 2.00 bits per heavy atom. The molecule has 120 valence electrons. The van der Waals surface area contributed by atoms with Crippen molar-refractivity contribution in [1.82, 2.24) is 5.32 Å². The molecular formula is C15H18F2N2O3. The van der Waals surface area contributed by atoms with Gasteiger partial charge in [-0.05, 0) is 37.3 Å². The summed E-state index contributed by atoms with van der Waals surface area (Å²) in [5.74, 6) is -2.87. The van der Waals surface area contributed by atoms with Crippen LogP contribution < -0.4 is 10.6 Å². The molecule has 5 nitrogen and oxygen atoms in total. The van der Waals surface area contributed by atoms with Gasteiger partial charge in [-0.3, -0.25) is 9.59 Å². The number of amides is 2. The van der Waals surface area contributed by atoms with Crippen LogP contribution in [0.3, 0.4) is 0 Å². The van der Waals surface area contributed by atoms with Crippen molar-refractivity contribution in [2.75, 3.05) is 25.1 Å². The third-order valence-corrected chi connectivity index (χ3v) is 3.19. The van der Waals surface area contributed by atoms with Crippen molar-refractivity contribution < 1.29 is 23.1 Å². The maximum atomic E-state index is 13.3. The molecule has 0 aliphatic heterocycles. The first-order valence-electron chi connectivity index (χ1n) is 7.18. The van der Waals surface area contributed by atoms with E-state index in [0.717, 1.165) is 18.7 Å². The highest BCUT2D eigenvalue weighted by molar-refractivity contribution is 6.39. The number of hydrogen-bond donors (Lipinski definition) is 2. The van der Waals surface area contributed by atoms with E-state index in [1.165, 1.54) is 12.8 Å². The Balaban J connectivity index is 1.64. The van der Waals surface area contributed by atoms with E-state index in [0.29, 0.717) is 31.6 Å². The van der Waals surface area contributed by atoms with Crippen LogP contribution in [0.1, 0.15) is 19.3 Å². The average molecular weight is 312 g/mol. The summed E-state index contributed by atoms with van der Waals surface area (Å²) in [5, 5.41) is 4.50. The van der Waals surface area contributed by atoms with Gasteiger partial charge in [-0.1, -0.05) is 0 Å². The Morgan fingerprint density at radius 3 is 2.68 bits per heavy atom. The molecule has 1 aromatic rings. The first kappa shape index (κ1) is 16.4. The Bertz CT molecular complexity index is 548. The molecular weight excluding hydrogens is 294 g/mol. The van der Waals surface area contributed by atoms with Crippen LogP contribution in [0.5, 0.6) is 0 Å². The van der Waals surface area contributed by atoms with Crippen LogP contribution in [0.15, 0.2) is 18.2 Å². The van der Waals surface area contributed by atoms with Crippen molar-refractivity contribution in [2.45, 2.75) is 19.3 Å². The van der Waals surface area contributed by atoms with Crippen molar-refractivity contribution in [2.24, 2.45) is 5.92 Å². The van der Waals surface area contributed by atoms with Gasteiger partial charge in [0.1, 0.15) is 11.6 Å². The topological polar surface area (TPSA) is 67.4 Å². The number of nitrogens with one attached hydrogen (secondary N) is 2. The molecule has 0 unspecified atom stereocenters. The zero-order valence-corrected chi connectivity index (χ0v) is 12.0. The monoisotopic (exact) mass is 312 g/mol. The van der Waals surface area contributed by atoms with Gasteiger partial charge in [0.15, 0.2) is 0 Å². The van der Waals surface area contributed by atoms with E-state index >= 15 is 0 Å². The second-order valence-electron chi connectivity index (χ2n) is 5.21. The van der Waals surface area contributed by atoms with Crippen LogP contribution in [-0.2, 0) is 14.3 Å². The van der Waals surface area contributed by atoms with Gasteiger partial charge < -0.3 is 15.4 Å². The van der Waals surface area contributed by atoms with Crippen molar-refractivity contribution in [1.29, 1.82) is 0 Å². The summed E-state index contributed by atoms with van der Waals surface area (Å²) in [7, 11) is 0. The number of carbonyl (C=O) groups excluding carboxylic acids is 2.